The summed E-state index contributed by atoms with van der Waals surface area (Å²) >= 11 is 0. The Kier molecular flexibility index (Phi) is 5.01. The highest BCUT2D eigenvalue weighted by atomic mass is 16.5. The van der Waals surface area contributed by atoms with E-state index >= 15 is 0 Å². The summed E-state index contributed by atoms with van der Waals surface area (Å²) in [6.07, 6.45) is 3.22. The van der Waals surface area contributed by atoms with Gasteiger partial charge in [0.05, 0.1) is 7.11 Å². The van der Waals surface area contributed by atoms with E-state index < -0.39 is 0 Å². The van der Waals surface area contributed by atoms with Crippen LogP contribution in [-0.2, 0) is 4.79 Å². The van der Waals surface area contributed by atoms with Gasteiger partial charge in [0.2, 0.25) is 5.91 Å². The predicted molar refractivity (Wildman–Crippen MR) is 69.9 cm³/mol. The second kappa shape index (κ2) is 6.53. The lowest BCUT2D eigenvalue weighted by Gasteiger charge is -2.03. The second-order valence-corrected chi connectivity index (χ2v) is 3.75. The molecule has 1 rings (SSSR count). The summed E-state index contributed by atoms with van der Waals surface area (Å²) in [6, 6.07) is 7.53. The average molecular weight is 231 g/mol. The Morgan fingerprint density at radius 3 is 2.82 bits per heavy atom. The van der Waals surface area contributed by atoms with Crippen LogP contribution in [0, 0.1) is 0 Å². The molecule has 17 heavy (non-hydrogen) atoms. The minimum absolute atomic E-state index is 0.140. The molecule has 1 amide bonds. The zero-order chi connectivity index (χ0) is 12.7. The average Bonchev–Trinajstić information content (AvgIpc) is 2.34. The van der Waals surface area contributed by atoms with E-state index in [0.717, 1.165) is 16.9 Å². The van der Waals surface area contributed by atoms with Gasteiger partial charge in [0, 0.05) is 18.2 Å². The molecule has 0 radical (unpaired) electrons. The van der Waals surface area contributed by atoms with Crippen LogP contribution >= 0.6 is 0 Å². The quantitative estimate of drug-likeness (QED) is 0.624. The van der Waals surface area contributed by atoms with Crippen LogP contribution < -0.4 is 10.1 Å². The number of hydrogen-bond donors (Lipinski definition) is 1. The second-order valence-electron chi connectivity index (χ2n) is 3.75. The lowest BCUT2D eigenvalue weighted by Crippen LogP contribution is -2.22. The topological polar surface area (TPSA) is 38.3 Å². The van der Waals surface area contributed by atoms with Crippen molar-refractivity contribution in [2.45, 2.75) is 6.92 Å². The molecule has 1 aromatic carbocycles. The molecule has 1 aromatic rings. The van der Waals surface area contributed by atoms with E-state index in [1.807, 2.05) is 31.2 Å². The lowest BCUT2D eigenvalue weighted by atomic mass is 10.2. The van der Waals surface area contributed by atoms with Crippen LogP contribution in [0.4, 0.5) is 0 Å². The molecule has 1 N–H and O–H groups in total. The van der Waals surface area contributed by atoms with Crippen LogP contribution in [-0.4, -0.2) is 19.6 Å². The van der Waals surface area contributed by atoms with Crippen molar-refractivity contribution in [3.05, 3.63) is 48.1 Å². The third-order valence-electron chi connectivity index (χ3n) is 2.12. The van der Waals surface area contributed by atoms with Crippen molar-refractivity contribution < 1.29 is 9.53 Å². The molecule has 0 aromatic heterocycles. The number of rotatable bonds is 5. The van der Waals surface area contributed by atoms with Crippen LogP contribution in [0.5, 0.6) is 5.75 Å². The molecule has 0 saturated carbocycles. The molecular weight excluding hydrogens is 214 g/mol. The zero-order valence-electron chi connectivity index (χ0n) is 10.2. The van der Waals surface area contributed by atoms with Crippen LogP contribution in [0.15, 0.2) is 42.5 Å². The smallest absolute Gasteiger partial charge is 0.244 e. The first-order valence-electron chi connectivity index (χ1n) is 5.37. The summed E-state index contributed by atoms with van der Waals surface area (Å²) in [5, 5.41) is 2.72. The summed E-state index contributed by atoms with van der Waals surface area (Å²) in [5.41, 5.74) is 1.80. The predicted octanol–water partition coefficient (Wildman–Crippen LogP) is 2.40. The maximum atomic E-state index is 11.4. The van der Waals surface area contributed by atoms with Crippen molar-refractivity contribution >= 4 is 12.0 Å². The van der Waals surface area contributed by atoms with Gasteiger partial charge in [0.1, 0.15) is 5.75 Å². The highest BCUT2D eigenvalue weighted by Crippen LogP contribution is 2.18. The van der Waals surface area contributed by atoms with Gasteiger partial charge in [-0.1, -0.05) is 30.4 Å². The number of carbonyl (C=O) groups excluding carboxylic acids is 1. The number of carbonyl (C=O) groups is 1. The summed E-state index contributed by atoms with van der Waals surface area (Å²) < 4.78 is 5.18. The molecule has 0 bridgehead atoms. The molecule has 0 aliphatic carbocycles. The van der Waals surface area contributed by atoms with Gasteiger partial charge in [-0.05, 0) is 19.1 Å². The monoisotopic (exact) mass is 231 g/mol. The number of amides is 1. The van der Waals surface area contributed by atoms with E-state index in [9.17, 15) is 4.79 Å². The molecule has 3 nitrogen and oxygen atoms in total. The molecule has 0 aliphatic rings. The minimum Gasteiger partial charge on any atom is -0.496 e. The first-order chi connectivity index (χ1) is 8.13. The Hall–Kier alpha value is -2.03. The van der Waals surface area contributed by atoms with Crippen LogP contribution in [0.1, 0.15) is 12.5 Å². The number of nitrogens with one attached hydrogen (secondary N) is 1. The minimum atomic E-state index is -0.140. The number of ether oxygens (including phenoxy) is 1. The standard InChI is InChI=1S/C14H17NO2/c1-11(2)10-15-14(16)9-8-12-6-4-5-7-13(12)17-3/h4-9H,1,10H2,2-3H3,(H,15,16)/b9-8+. The Bertz CT molecular complexity index is 436. The Labute approximate surface area is 102 Å². The maximum Gasteiger partial charge on any atom is 0.244 e. The van der Waals surface area contributed by atoms with Crippen molar-refractivity contribution in [2.75, 3.05) is 13.7 Å². The van der Waals surface area contributed by atoms with Crippen molar-refractivity contribution in [3.8, 4) is 5.75 Å². The van der Waals surface area contributed by atoms with E-state index in [1.54, 1.807) is 13.2 Å². The van der Waals surface area contributed by atoms with Crippen LogP contribution in [0.2, 0.25) is 0 Å². The first-order valence-corrected chi connectivity index (χ1v) is 5.37. The van der Waals surface area contributed by atoms with Gasteiger partial charge in [0.25, 0.3) is 0 Å². The lowest BCUT2D eigenvalue weighted by molar-refractivity contribution is -0.116. The van der Waals surface area contributed by atoms with Gasteiger partial charge in [-0.2, -0.15) is 0 Å². The third kappa shape index (κ3) is 4.55. The van der Waals surface area contributed by atoms with Crippen molar-refractivity contribution in [2.24, 2.45) is 0 Å². The number of hydrogen-bond acceptors (Lipinski definition) is 2. The molecule has 0 heterocycles. The highest BCUT2D eigenvalue weighted by Gasteiger charge is 1.98. The molecule has 0 atom stereocenters. The number of benzene rings is 1. The molecule has 0 fully saturated rings. The fraction of sp³-hybridized carbons (Fsp3) is 0.214. The summed E-state index contributed by atoms with van der Waals surface area (Å²) in [6.45, 7) is 6.07. The van der Waals surface area contributed by atoms with E-state index in [4.69, 9.17) is 4.74 Å². The molecule has 0 unspecified atom stereocenters. The normalized spacial score (nSPS) is 10.2. The van der Waals surface area contributed by atoms with Gasteiger partial charge < -0.3 is 10.1 Å². The Morgan fingerprint density at radius 1 is 1.47 bits per heavy atom. The van der Waals surface area contributed by atoms with Crippen molar-refractivity contribution in [3.63, 3.8) is 0 Å². The largest absolute Gasteiger partial charge is 0.496 e. The zero-order valence-corrected chi connectivity index (χ0v) is 10.2. The Balaban J connectivity index is 2.63. The van der Waals surface area contributed by atoms with Gasteiger partial charge in [-0.25, -0.2) is 0 Å². The SMILES string of the molecule is C=C(C)CNC(=O)/C=C/c1ccccc1OC. The molecule has 90 valence electrons. The summed E-state index contributed by atoms with van der Waals surface area (Å²) in [7, 11) is 1.60. The summed E-state index contributed by atoms with van der Waals surface area (Å²) in [5.74, 6) is 0.607. The van der Waals surface area contributed by atoms with Crippen LogP contribution in [0.25, 0.3) is 6.08 Å². The van der Waals surface area contributed by atoms with Gasteiger partial charge >= 0.3 is 0 Å². The van der Waals surface area contributed by atoms with E-state index in [-0.39, 0.29) is 5.91 Å². The number of para-hydroxylation sites is 1. The van der Waals surface area contributed by atoms with Gasteiger partial charge in [0.15, 0.2) is 0 Å². The van der Waals surface area contributed by atoms with Crippen molar-refractivity contribution in [1.29, 1.82) is 0 Å². The molecule has 3 heteroatoms. The fourth-order valence-electron chi connectivity index (χ4n) is 1.27. The Morgan fingerprint density at radius 2 is 2.18 bits per heavy atom. The molecular formula is C14H17NO2. The third-order valence-corrected chi connectivity index (χ3v) is 2.12. The molecule has 0 aliphatic heterocycles. The van der Waals surface area contributed by atoms with E-state index in [1.165, 1.54) is 6.08 Å². The van der Waals surface area contributed by atoms with E-state index in [0.29, 0.717) is 6.54 Å². The van der Waals surface area contributed by atoms with E-state index in [2.05, 4.69) is 11.9 Å². The fourth-order valence-corrected chi connectivity index (χ4v) is 1.27. The highest BCUT2D eigenvalue weighted by molar-refractivity contribution is 5.92. The van der Waals surface area contributed by atoms with Gasteiger partial charge in [-0.3, -0.25) is 4.79 Å². The van der Waals surface area contributed by atoms with Crippen LogP contribution in [0.3, 0.4) is 0 Å². The summed E-state index contributed by atoms with van der Waals surface area (Å²) in [4.78, 5) is 11.4. The maximum absolute atomic E-state index is 11.4. The first kappa shape index (κ1) is 13.0. The molecule has 0 spiro atoms. The molecule has 0 saturated heterocycles. The number of methoxy groups -OCH3 is 1. The van der Waals surface area contributed by atoms with Gasteiger partial charge in [-0.15, -0.1) is 0 Å². The van der Waals surface area contributed by atoms with Crippen molar-refractivity contribution in [1.82, 2.24) is 5.32 Å².